The Balaban J connectivity index is 1.08. The number of furan rings is 1. The van der Waals surface area contributed by atoms with E-state index < -0.39 is 5.41 Å². The molecule has 12 rings (SSSR count). The minimum absolute atomic E-state index is 0.566. The number of benzene rings is 9. The topological polar surface area (TPSA) is 16.4 Å². The second kappa shape index (κ2) is 12.9. The van der Waals surface area contributed by atoms with Crippen molar-refractivity contribution in [2.75, 3.05) is 4.90 Å². The molecule has 1 aliphatic rings. The van der Waals surface area contributed by atoms with Crippen molar-refractivity contribution < 1.29 is 4.42 Å². The van der Waals surface area contributed by atoms with Gasteiger partial charge in [0.05, 0.1) is 5.41 Å². The highest BCUT2D eigenvalue weighted by molar-refractivity contribution is 7.25. The van der Waals surface area contributed by atoms with E-state index in [1.54, 1.807) is 0 Å². The van der Waals surface area contributed by atoms with E-state index in [-0.39, 0.29) is 0 Å². The Bertz CT molecular complexity index is 3340. The number of nitrogens with zero attached hydrogens (tertiary/aromatic N) is 1. The van der Waals surface area contributed by atoms with E-state index in [1.807, 2.05) is 17.4 Å². The van der Waals surface area contributed by atoms with Crippen molar-refractivity contribution in [1.29, 1.82) is 0 Å². The van der Waals surface area contributed by atoms with Crippen molar-refractivity contribution in [2.24, 2.45) is 0 Å². The van der Waals surface area contributed by atoms with Crippen LogP contribution in [0.5, 0.6) is 0 Å². The van der Waals surface area contributed by atoms with Crippen LogP contribution in [0.2, 0.25) is 0 Å². The van der Waals surface area contributed by atoms with Crippen LogP contribution < -0.4 is 4.90 Å². The van der Waals surface area contributed by atoms with E-state index in [4.69, 9.17) is 4.42 Å². The Labute approximate surface area is 340 Å². The number of fused-ring (bicyclic) bond motifs is 9. The largest absolute Gasteiger partial charge is 0.455 e. The molecule has 272 valence electrons. The number of thiophene rings is 1. The Morgan fingerprint density at radius 3 is 1.86 bits per heavy atom. The molecular weight excluding hydrogens is 723 g/mol. The Kier molecular flexibility index (Phi) is 7.35. The smallest absolute Gasteiger partial charge is 0.143 e. The molecular formula is C55H35NOS. The summed E-state index contributed by atoms with van der Waals surface area (Å²) in [5, 5.41) is 4.86. The summed E-state index contributed by atoms with van der Waals surface area (Å²) in [5.74, 6) is 0. The highest BCUT2D eigenvalue weighted by Crippen LogP contribution is 2.57. The lowest BCUT2D eigenvalue weighted by molar-refractivity contribution is 0.670. The van der Waals surface area contributed by atoms with Crippen LogP contribution in [0.15, 0.2) is 217 Å². The summed E-state index contributed by atoms with van der Waals surface area (Å²) in [6, 6.07) is 77.6. The van der Waals surface area contributed by atoms with Crippen LogP contribution in [-0.2, 0) is 5.41 Å². The zero-order chi connectivity index (χ0) is 38.2. The first-order valence-electron chi connectivity index (χ1n) is 19.8. The third-order valence-corrected chi connectivity index (χ3v) is 13.3. The minimum atomic E-state index is -0.566. The maximum Gasteiger partial charge on any atom is 0.143 e. The first-order chi connectivity index (χ1) is 28.8. The molecule has 0 bridgehead atoms. The summed E-state index contributed by atoms with van der Waals surface area (Å²) in [6.45, 7) is 0. The monoisotopic (exact) mass is 757 g/mol. The van der Waals surface area contributed by atoms with Crippen LogP contribution in [0.25, 0.3) is 64.4 Å². The Hall–Kier alpha value is -7.20. The Morgan fingerprint density at radius 1 is 0.379 bits per heavy atom. The summed E-state index contributed by atoms with van der Waals surface area (Å²) < 4.78 is 9.10. The Morgan fingerprint density at radius 2 is 1.00 bits per heavy atom. The van der Waals surface area contributed by atoms with Crippen molar-refractivity contribution in [3.05, 3.63) is 235 Å². The molecule has 0 N–H and O–H groups in total. The third kappa shape index (κ3) is 4.84. The molecule has 1 unspecified atom stereocenters. The fourth-order valence-electron chi connectivity index (χ4n) is 9.64. The normalized spacial score (nSPS) is 14.6. The zero-order valence-corrected chi connectivity index (χ0v) is 32.3. The van der Waals surface area contributed by atoms with E-state index >= 15 is 0 Å². The summed E-state index contributed by atoms with van der Waals surface area (Å²) in [7, 11) is 0. The van der Waals surface area contributed by atoms with Crippen LogP contribution in [0.1, 0.15) is 22.3 Å². The first kappa shape index (κ1) is 33.0. The van der Waals surface area contributed by atoms with Gasteiger partial charge in [0.1, 0.15) is 11.2 Å². The zero-order valence-electron chi connectivity index (χ0n) is 31.5. The van der Waals surface area contributed by atoms with Gasteiger partial charge in [0.2, 0.25) is 0 Å². The van der Waals surface area contributed by atoms with Crippen LogP contribution in [0.4, 0.5) is 17.1 Å². The van der Waals surface area contributed by atoms with Crippen molar-refractivity contribution in [2.45, 2.75) is 5.41 Å². The second-order valence-corrected chi connectivity index (χ2v) is 16.3. The number of hydrogen-bond acceptors (Lipinski definition) is 3. The number of rotatable bonds is 6. The van der Waals surface area contributed by atoms with Gasteiger partial charge in [-0.05, 0) is 93.5 Å². The molecule has 0 aliphatic heterocycles. The molecule has 1 aliphatic carbocycles. The number of para-hydroxylation sites is 3. The van der Waals surface area contributed by atoms with E-state index in [0.717, 1.165) is 50.1 Å². The molecule has 2 nitrogen and oxygen atoms in total. The first-order valence-corrected chi connectivity index (χ1v) is 20.6. The van der Waals surface area contributed by atoms with Gasteiger partial charge in [-0.1, -0.05) is 158 Å². The summed E-state index contributed by atoms with van der Waals surface area (Å²) in [6.07, 6.45) is 0. The van der Waals surface area contributed by atoms with Crippen LogP contribution in [-0.4, -0.2) is 0 Å². The molecule has 0 saturated heterocycles. The standard InChI is InChI=1S/C55H35NOS/c1-3-14-37(15-4-1)55(38-28-26-36(27-29-38)42-21-13-22-47-45-19-8-11-24-51(45)57-54(42)47)49-23-10-7-18-43(49)44-32-30-41(35-50(44)55)56(39-16-5-2-6-17-39)40-31-33-53-48(34-40)46-20-9-12-25-52(46)58-53/h1-35H. The van der Waals surface area contributed by atoms with Gasteiger partial charge in [-0.3, -0.25) is 0 Å². The molecule has 0 spiro atoms. The number of anilines is 3. The summed E-state index contributed by atoms with van der Waals surface area (Å²) in [4.78, 5) is 2.42. The fraction of sp³-hybridized carbons (Fsp3) is 0.0182. The molecule has 11 aromatic rings. The van der Waals surface area contributed by atoms with Crippen molar-refractivity contribution >= 4 is 70.5 Å². The van der Waals surface area contributed by atoms with Gasteiger partial charge < -0.3 is 9.32 Å². The van der Waals surface area contributed by atoms with E-state index in [2.05, 4.69) is 211 Å². The van der Waals surface area contributed by atoms with Gasteiger partial charge in [-0.15, -0.1) is 11.3 Å². The van der Waals surface area contributed by atoms with Crippen molar-refractivity contribution in [3.8, 4) is 22.3 Å². The molecule has 58 heavy (non-hydrogen) atoms. The lowest BCUT2D eigenvalue weighted by Crippen LogP contribution is -2.28. The predicted molar refractivity (Wildman–Crippen MR) is 244 cm³/mol. The summed E-state index contributed by atoms with van der Waals surface area (Å²) in [5.41, 5.74) is 14.4. The minimum Gasteiger partial charge on any atom is -0.455 e. The van der Waals surface area contributed by atoms with Crippen molar-refractivity contribution in [1.82, 2.24) is 0 Å². The fourth-order valence-corrected chi connectivity index (χ4v) is 10.7. The van der Waals surface area contributed by atoms with Gasteiger partial charge in [-0.2, -0.15) is 0 Å². The molecule has 2 heterocycles. The van der Waals surface area contributed by atoms with Gasteiger partial charge in [0.15, 0.2) is 0 Å². The molecule has 9 aromatic carbocycles. The van der Waals surface area contributed by atoms with Crippen molar-refractivity contribution in [3.63, 3.8) is 0 Å². The second-order valence-electron chi connectivity index (χ2n) is 15.2. The average Bonchev–Trinajstić information content (AvgIpc) is 3.95. The van der Waals surface area contributed by atoms with Crippen LogP contribution in [0, 0.1) is 0 Å². The average molecular weight is 758 g/mol. The quantitative estimate of drug-likeness (QED) is 0.168. The maximum absolute atomic E-state index is 6.49. The van der Waals surface area contributed by atoms with Gasteiger partial charge in [-0.25, -0.2) is 0 Å². The van der Waals surface area contributed by atoms with Gasteiger partial charge in [0, 0.05) is 53.6 Å². The van der Waals surface area contributed by atoms with Crippen LogP contribution in [0.3, 0.4) is 0 Å². The maximum atomic E-state index is 6.49. The molecule has 0 amide bonds. The molecule has 0 radical (unpaired) electrons. The van der Waals surface area contributed by atoms with E-state index in [0.29, 0.717) is 0 Å². The van der Waals surface area contributed by atoms with E-state index in [1.165, 1.54) is 53.6 Å². The number of hydrogen-bond donors (Lipinski definition) is 0. The molecule has 1 atom stereocenters. The SMILES string of the molecule is c1ccc(N(c2ccc3c(c2)C(c2ccccc2)(c2ccc(-c4cccc5c4oc4ccccc45)cc2)c2ccccc2-3)c2ccc3sc4ccccc4c3c2)cc1. The molecule has 2 aromatic heterocycles. The third-order valence-electron chi connectivity index (χ3n) is 12.2. The highest BCUT2D eigenvalue weighted by atomic mass is 32.1. The van der Waals surface area contributed by atoms with Crippen LogP contribution >= 0.6 is 11.3 Å². The predicted octanol–water partition coefficient (Wildman–Crippen LogP) is 15.5. The van der Waals surface area contributed by atoms with Gasteiger partial charge in [0.25, 0.3) is 0 Å². The lowest BCUT2D eigenvalue weighted by atomic mass is 9.67. The van der Waals surface area contributed by atoms with E-state index in [9.17, 15) is 0 Å². The molecule has 0 fully saturated rings. The lowest BCUT2D eigenvalue weighted by Gasteiger charge is -2.35. The summed E-state index contributed by atoms with van der Waals surface area (Å²) >= 11 is 1.85. The van der Waals surface area contributed by atoms with Gasteiger partial charge >= 0.3 is 0 Å². The molecule has 3 heteroatoms. The molecule has 0 saturated carbocycles. The highest BCUT2D eigenvalue weighted by Gasteiger charge is 2.46.